The van der Waals surface area contributed by atoms with E-state index in [1.165, 1.54) is 30.3 Å². The maximum absolute atomic E-state index is 13.0. The predicted molar refractivity (Wildman–Crippen MR) is 155 cm³/mol. The molecule has 47 heavy (non-hydrogen) atoms. The van der Waals surface area contributed by atoms with E-state index in [1.54, 1.807) is 13.0 Å². The standard InChI is InChI=1S/C29H25N3O14S/c1-14-10-20(33)27(26(14)37)45-29(39)16-4-2-15(3-5-16)18-11-17-8-9-30(25(17)19(12-18)32(40)41)22(34)6-7-24(36)46-31-23(35)13-21(28(31)38)47(42,43)44/h2-5,11-12,14,21,27H,6-10,13H2,1H3,(H,42,43,44). The molecule has 3 amide bonds. The van der Waals surface area contributed by atoms with Gasteiger partial charge in [0.15, 0.2) is 16.8 Å². The van der Waals surface area contributed by atoms with Gasteiger partial charge in [-0.1, -0.05) is 19.1 Å². The van der Waals surface area contributed by atoms with E-state index in [4.69, 9.17) is 9.29 Å². The molecule has 1 saturated heterocycles. The number of anilines is 1. The zero-order chi connectivity index (χ0) is 34.4. The number of nitro benzene ring substituents is 1. The first-order valence-electron chi connectivity index (χ1n) is 14.1. The Labute approximate surface area is 265 Å². The Kier molecular flexibility index (Phi) is 8.74. The van der Waals surface area contributed by atoms with E-state index in [9.17, 15) is 52.1 Å². The largest absolute Gasteiger partial charge is 0.443 e. The highest BCUT2D eigenvalue weighted by molar-refractivity contribution is 7.87. The number of hydroxylamine groups is 2. The summed E-state index contributed by atoms with van der Waals surface area (Å²) in [4.78, 5) is 103. The topological polar surface area (TPSA) is 242 Å². The van der Waals surface area contributed by atoms with Crippen LogP contribution in [-0.2, 0) is 54.9 Å². The Balaban J connectivity index is 1.26. The monoisotopic (exact) mass is 671 g/mol. The van der Waals surface area contributed by atoms with Crippen molar-refractivity contribution in [1.82, 2.24) is 5.06 Å². The summed E-state index contributed by atoms with van der Waals surface area (Å²) in [6, 6.07) is 8.63. The van der Waals surface area contributed by atoms with Gasteiger partial charge in [-0.15, -0.1) is 5.06 Å². The third-order valence-corrected chi connectivity index (χ3v) is 9.01. The fraction of sp³-hybridized carbons (Fsp3) is 0.345. The summed E-state index contributed by atoms with van der Waals surface area (Å²) >= 11 is 0. The Morgan fingerprint density at radius 1 is 1.02 bits per heavy atom. The van der Waals surface area contributed by atoms with Crippen LogP contribution in [-0.4, -0.2) is 82.1 Å². The Morgan fingerprint density at radius 2 is 1.70 bits per heavy atom. The lowest BCUT2D eigenvalue weighted by atomic mass is 9.99. The molecule has 1 saturated carbocycles. The molecule has 2 heterocycles. The van der Waals surface area contributed by atoms with E-state index in [2.05, 4.69) is 4.84 Å². The Hall–Kier alpha value is -5.36. The molecule has 18 heteroatoms. The van der Waals surface area contributed by atoms with Crippen LogP contribution in [0.1, 0.15) is 48.5 Å². The maximum Gasteiger partial charge on any atom is 0.339 e. The summed E-state index contributed by atoms with van der Waals surface area (Å²) in [5.74, 6) is -6.94. The number of amides is 3. The van der Waals surface area contributed by atoms with Gasteiger partial charge in [-0.05, 0) is 41.3 Å². The van der Waals surface area contributed by atoms with Gasteiger partial charge in [-0.25, -0.2) is 9.59 Å². The molecular weight excluding hydrogens is 646 g/mol. The summed E-state index contributed by atoms with van der Waals surface area (Å²) in [6.45, 7) is 1.61. The molecule has 2 aromatic carbocycles. The minimum absolute atomic E-state index is 0.00616. The highest BCUT2D eigenvalue weighted by atomic mass is 32.2. The van der Waals surface area contributed by atoms with Crippen LogP contribution in [0.3, 0.4) is 0 Å². The van der Waals surface area contributed by atoms with Crippen molar-refractivity contribution in [3.8, 4) is 11.1 Å². The van der Waals surface area contributed by atoms with Crippen LogP contribution in [0.4, 0.5) is 11.4 Å². The summed E-state index contributed by atoms with van der Waals surface area (Å²) < 4.78 is 36.7. The highest BCUT2D eigenvalue weighted by Crippen LogP contribution is 2.41. The summed E-state index contributed by atoms with van der Waals surface area (Å²) in [5, 5.41) is 9.86. The SMILES string of the molecule is CC1CC(=O)C(OC(=O)c2ccc(-c3cc4c(c([N+](=O)[O-])c3)N(C(=O)CCC(=O)ON3C(=O)CC(S(=O)(=O)O)C3=O)CC4)cc2)C1=O. The fourth-order valence-electron chi connectivity index (χ4n) is 5.51. The third kappa shape index (κ3) is 6.50. The lowest BCUT2D eigenvalue weighted by Crippen LogP contribution is -2.37. The first kappa shape index (κ1) is 33.0. The number of esters is 1. The lowest BCUT2D eigenvalue weighted by molar-refractivity contribution is -0.384. The smallest absolute Gasteiger partial charge is 0.339 e. The number of imide groups is 1. The zero-order valence-corrected chi connectivity index (χ0v) is 25.3. The average Bonchev–Trinajstić information content (AvgIpc) is 3.65. The predicted octanol–water partition coefficient (Wildman–Crippen LogP) is 1.11. The fourth-order valence-corrected chi connectivity index (χ4v) is 6.21. The van der Waals surface area contributed by atoms with Gasteiger partial charge < -0.3 is 14.5 Å². The van der Waals surface area contributed by atoms with E-state index in [0.29, 0.717) is 16.7 Å². The lowest BCUT2D eigenvalue weighted by Gasteiger charge is -2.18. The number of hydrogen-bond acceptors (Lipinski definition) is 13. The molecule has 0 spiro atoms. The van der Waals surface area contributed by atoms with Crippen molar-refractivity contribution in [1.29, 1.82) is 0 Å². The number of Topliss-reactive ketones (excluding diaryl/α,β-unsaturated/α-hetero) is 2. The molecule has 0 radical (unpaired) electrons. The third-order valence-electron chi connectivity index (χ3n) is 7.92. The molecule has 1 N–H and O–H groups in total. The second-order valence-corrected chi connectivity index (χ2v) is 12.7. The van der Waals surface area contributed by atoms with Gasteiger partial charge in [0.1, 0.15) is 5.69 Å². The molecule has 3 unspecified atom stereocenters. The van der Waals surface area contributed by atoms with Crippen molar-refractivity contribution in [2.24, 2.45) is 5.92 Å². The number of benzene rings is 2. The highest BCUT2D eigenvalue weighted by Gasteiger charge is 2.48. The number of fused-ring (bicyclic) bond motifs is 1. The number of carbonyl (C=O) groups excluding carboxylic acids is 7. The molecule has 3 atom stereocenters. The summed E-state index contributed by atoms with van der Waals surface area (Å²) in [6.07, 6.45) is -3.37. The quantitative estimate of drug-likeness (QED) is 0.0981. The minimum Gasteiger partial charge on any atom is -0.443 e. The van der Waals surface area contributed by atoms with Crippen molar-refractivity contribution in [2.45, 2.75) is 50.4 Å². The molecular formula is C29H25N3O14S. The molecule has 0 bridgehead atoms. The molecule has 5 rings (SSSR count). The van der Waals surface area contributed by atoms with E-state index >= 15 is 0 Å². The number of ether oxygens (including phenoxy) is 1. The van der Waals surface area contributed by atoms with Crippen LogP contribution in [0.15, 0.2) is 36.4 Å². The molecule has 0 aromatic heterocycles. The van der Waals surface area contributed by atoms with Crippen LogP contribution < -0.4 is 4.90 Å². The zero-order valence-electron chi connectivity index (χ0n) is 24.4. The van der Waals surface area contributed by atoms with Crippen LogP contribution in [0.2, 0.25) is 0 Å². The number of hydrogen-bond donors (Lipinski definition) is 1. The van der Waals surface area contributed by atoms with Gasteiger partial charge in [0.05, 0.1) is 23.3 Å². The first-order valence-corrected chi connectivity index (χ1v) is 15.6. The van der Waals surface area contributed by atoms with Gasteiger partial charge in [0.2, 0.25) is 12.0 Å². The van der Waals surface area contributed by atoms with Crippen molar-refractivity contribution in [2.75, 3.05) is 11.4 Å². The second-order valence-electron chi connectivity index (χ2n) is 11.1. The Morgan fingerprint density at radius 3 is 2.28 bits per heavy atom. The molecule has 2 fully saturated rings. The number of carbonyl (C=O) groups is 7. The van der Waals surface area contributed by atoms with Crippen LogP contribution in [0.5, 0.6) is 0 Å². The van der Waals surface area contributed by atoms with Crippen molar-refractivity contribution in [3.05, 3.63) is 57.6 Å². The van der Waals surface area contributed by atoms with Crippen LogP contribution in [0, 0.1) is 16.0 Å². The number of nitro groups is 1. The van der Waals surface area contributed by atoms with Gasteiger partial charge in [-0.3, -0.25) is 38.6 Å². The maximum atomic E-state index is 13.0. The molecule has 2 aromatic rings. The summed E-state index contributed by atoms with van der Waals surface area (Å²) in [5.41, 5.74) is 0.974. The van der Waals surface area contributed by atoms with Gasteiger partial charge in [-0.2, -0.15) is 8.42 Å². The van der Waals surface area contributed by atoms with E-state index in [0.717, 1.165) is 4.90 Å². The van der Waals surface area contributed by atoms with Gasteiger partial charge >= 0.3 is 11.9 Å². The van der Waals surface area contributed by atoms with Gasteiger partial charge in [0.25, 0.3) is 27.6 Å². The average molecular weight is 672 g/mol. The van der Waals surface area contributed by atoms with Gasteiger partial charge in [0, 0.05) is 31.4 Å². The normalized spacial score (nSPS) is 20.9. The second kappa shape index (κ2) is 12.4. The van der Waals surface area contributed by atoms with Crippen molar-refractivity contribution in [3.63, 3.8) is 0 Å². The van der Waals surface area contributed by atoms with E-state index < -0.39 is 98.5 Å². The molecule has 1 aliphatic carbocycles. The molecule has 246 valence electrons. The van der Waals surface area contributed by atoms with Crippen molar-refractivity contribution < 1.29 is 61.0 Å². The molecule has 3 aliphatic rings. The van der Waals surface area contributed by atoms with Crippen LogP contribution in [0.25, 0.3) is 11.1 Å². The Bertz CT molecular complexity index is 1870. The molecule has 2 aliphatic heterocycles. The minimum atomic E-state index is -4.92. The first-order chi connectivity index (χ1) is 22.1. The van der Waals surface area contributed by atoms with E-state index in [1.807, 2.05) is 0 Å². The van der Waals surface area contributed by atoms with E-state index in [-0.39, 0.29) is 35.7 Å². The number of ketones is 2. The number of rotatable bonds is 9. The van der Waals surface area contributed by atoms with Crippen LogP contribution >= 0.6 is 0 Å². The molecule has 17 nitrogen and oxygen atoms in total. The van der Waals surface area contributed by atoms with Crippen molar-refractivity contribution >= 4 is 62.7 Å². The number of nitrogens with zero attached hydrogens (tertiary/aromatic N) is 3. The summed E-state index contributed by atoms with van der Waals surface area (Å²) in [7, 11) is -4.92.